The molecule has 2 atom stereocenters. The second-order valence-electron chi connectivity index (χ2n) is 19.3. The number of rotatable bonds is 52. The van der Waals surface area contributed by atoms with Gasteiger partial charge in [-0.2, -0.15) is 0 Å². The maximum Gasteiger partial charge on any atom is 0.305 e. The van der Waals surface area contributed by atoms with E-state index in [0.717, 1.165) is 44.9 Å². The lowest BCUT2D eigenvalue weighted by Crippen LogP contribution is -2.45. The normalized spacial score (nSPS) is 12.8. The fourth-order valence-electron chi connectivity index (χ4n) is 8.63. The van der Waals surface area contributed by atoms with E-state index in [1.54, 1.807) is 0 Å². The molecule has 6 heteroatoms. The number of aliphatic hydroxyl groups excluding tert-OH is 2. The molecule has 0 aromatic carbocycles. The van der Waals surface area contributed by atoms with Crippen LogP contribution in [0.25, 0.3) is 0 Å². The maximum absolute atomic E-state index is 12.4. The number of ether oxygens (including phenoxy) is 1. The molecular formula is C57H109NO5. The van der Waals surface area contributed by atoms with Crippen molar-refractivity contribution in [1.82, 2.24) is 5.32 Å². The molecule has 0 bridgehead atoms. The van der Waals surface area contributed by atoms with Gasteiger partial charge in [-0.1, -0.05) is 237 Å². The number of carbonyl (C=O) groups excluding carboxylic acids is 2. The third-order valence-electron chi connectivity index (χ3n) is 13.0. The van der Waals surface area contributed by atoms with Gasteiger partial charge in [-0.05, 0) is 77.0 Å². The Morgan fingerprint density at radius 3 is 1.13 bits per heavy atom. The second-order valence-corrected chi connectivity index (χ2v) is 19.3. The van der Waals surface area contributed by atoms with E-state index in [1.807, 2.05) is 0 Å². The molecule has 0 radical (unpaired) electrons. The lowest BCUT2D eigenvalue weighted by atomic mass is 10.0. The van der Waals surface area contributed by atoms with Crippen LogP contribution in [0.2, 0.25) is 0 Å². The number of allylic oxidation sites excluding steroid dienone is 4. The molecule has 0 aliphatic heterocycles. The van der Waals surface area contributed by atoms with Crippen LogP contribution in [-0.2, 0) is 14.3 Å². The average molecular weight is 889 g/mol. The summed E-state index contributed by atoms with van der Waals surface area (Å²) in [5, 5.41) is 23.1. The van der Waals surface area contributed by atoms with E-state index >= 15 is 0 Å². The Morgan fingerprint density at radius 1 is 0.429 bits per heavy atom. The molecule has 2 unspecified atom stereocenters. The van der Waals surface area contributed by atoms with Crippen molar-refractivity contribution in [2.24, 2.45) is 0 Å². The number of carbonyl (C=O) groups is 2. The summed E-state index contributed by atoms with van der Waals surface area (Å²) in [6.45, 7) is 4.92. The highest BCUT2D eigenvalue weighted by Gasteiger charge is 2.20. The average Bonchev–Trinajstić information content (AvgIpc) is 3.28. The number of unbranched alkanes of at least 4 members (excludes halogenated alkanes) is 37. The molecule has 1 amide bonds. The zero-order chi connectivity index (χ0) is 45.8. The van der Waals surface area contributed by atoms with Crippen molar-refractivity contribution in [3.8, 4) is 0 Å². The Labute approximate surface area is 392 Å². The highest BCUT2D eigenvalue weighted by molar-refractivity contribution is 5.76. The molecule has 0 spiro atoms. The topological polar surface area (TPSA) is 95.9 Å². The van der Waals surface area contributed by atoms with Crippen molar-refractivity contribution in [1.29, 1.82) is 0 Å². The van der Waals surface area contributed by atoms with E-state index < -0.39 is 12.1 Å². The van der Waals surface area contributed by atoms with Gasteiger partial charge >= 0.3 is 5.97 Å². The minimum Gasteiger partial charge on any atom is -0.466 e. The molecule has 0 aliphatic carbocycles. The van der Waals surface area contributed by atoms with Gasteiger partial charge in [0.2, 0.25) is 5.91 Å². The Morgan fingerprint density at radius 2 is 0.746 bits per heavy atom. The molecule has 0 saturated carbocycles. The molecule has 3 N–H and O–H groups in total. The van der Waals surface area contributed by atoms with Crippen molar-refractivity contribution in [3.05, 3.63) is 24.3 Å². The first-order valence-corrected chi connectivity index (χ1v) is 28.1. The molecule has 0 saturated heterocycles. The standard InChI is InChI=1S/C57H109NO5/c1-3-5-7-9-11-13-15-16-17-21-25-28-31-35-39-43-47-51-57(62)63-52-48-44-40-36-32-29-26-23-20-18-19-22-24-27-30-34-38-42-46-50-56(61)58-54(53-59)55(60)49-45-41-37-33-14-12-10-8-6-4-2/h16-19,54-55,59-60H,3-15,20-53H2,1-2H3,(H,58,61)/b17-16-,19-18-. The lowest BCUT2D eigenvalue weighted by Gasteiger charge is -2.22. The van der Waals surface area contributed by atoms with E-state index in [0.29, 0.717) is 25.9 Å². The van der Waals surface area contributed by atoms with Crippen LogP contribution < -0.4 is 5.32 Å². The molecule has 0 aromatic rings. The fourth-order valence-corrected chi connectivity index (χ4v) is 8.63. The summed E-state index contributed by atoms with van der Waals surface area (Å²) >= 11 is 0. The summed E-state index contributed by atoms with van der Waals surface area (Å²) in [5.74, 6) is -0.0457. The zero-order valence-electron chi connectivity index (χ0n) is 42.3. The van der Waals surface area contributed by atoms with E-state index in [9.17, 15) is 19.8 Å². The Bertz CT molecular complexity index is 982. The predicted molar refractivity (Wildman–Crippen MR) is 273 cm³/mol. The van der Waals surface area contributed by atoms with Crippen LogP contribution in [0.5, 0.6) is 0 Å². The molecule has 0 rings (SSSR count). The van der Waals surface area contributed by atoms with Crippen molar-refractivity contribution < 1.29 is 24.5 Å². The highest BCUT2D eigenvalue weighted by atomic mass is 16.5. The van der Waals surface area contributed by atoms with Gasteiger partial charge < -0.3 is 20.3 Å². The summed E-state index contributed by atoms with van der Waals surface area (Å²) in [4.78, 5) is 24.5. The van der Waals surface area contributed by atoms with E-state index in [4.69, 9.17) is 4.74 Å². The predicted octanol–water partition coefficient (Wildman–Crippen LogP) is 17.1. The number of hydrogen-bond donors (Lipinski definition) is 3. The molecule has 0 fully saturated rings. The second kappa shape index (κ2) is 53.0. The Hall–Kier alpha value is -1.66. The first-order chi connectivity index (χ1) is 31.0. The van der Waals surface area contributed by atoms with Gasteiger partial charge in [-0.15, -0.1) is 0 Å². The third-order valence-corrected chi connectivity index (χ3v) is 13.0. The van der Waals surface area contributed by atoms with Gasteiger partial charge in [0.15, 0.2) is 0 Å². The quantitative estimate of drug-likeness (QED) is 0.0321. The Balaban J connectivity index is 3.41. The molecule has 0 aromatic heterocycles. The summed E-state index contributed by atoms with van der Waals surface area (Å²) in [7, 11) is 0. The first-order valence-electron chi connectivity index (χ1n) is 28.1. The van der Waals surface area contributed by atoms with Gasteiger partial charge in [0.05, 0.1) is 25.4 Å². The number of nitrogens with one attached hydrogen (secondary N) is 1. The smallest absolute Gasteiger partial charge is 0.305 e. The molecule has 372 valence electrons. The van der Waals surface area contributed by atoms with Crippen LogP contribution in [0.3, 0.4) is 0 Å². The zero-order valence-corrected chi connectivity index (χ0v) is 42.3. The summed E-state index contributed by atoms with van der Waals surface area (Å²) in [6.07, 6.45) is 63.1. The monoisotopic (exact) mass is 888 g/mol. The van der Waals surface area contributed by atoms with Crippen LogP contribution >= 0.6 is 0 Å². The summed E-state index contributed by atoms with van der Waals surface area (Å²) < 4.78 is 5.48. The molecule has 0 aliphatic rings. The minimum atomic E-state index is -0.668. The van der Waals surface area contributed by atoms with E-state index in [2.05, 4.69) is 43.5 Å². The van der Waals surface area contributed by atoms with Gasteiger partial charge in [0.25, 0.3) is 0 Å². The van der Waals surface area contributed by atoms with Crippen molar-refractivity contribution in [2.75, 3.05) is 13.2 Å². The van der Waals surface area contributed by atoms with Crippen molar-refractivity contribution >= 4 is 11.9 Å². The maximum atomic E-state index is 12.4. The van der Waals surface area contributed by atoms with Crippen LogP contribution in [0.1, 0.15) is 303 Å². The van der Waals surface area contributed by atoms with Gasteiger partial charge in [0, 0.05) is 12.8 Å². The molecular weight excluding hydrogens is 779 g/mol. The summed E-state index contributed by atoms with van der Waals surface area (Å²) in [6, 6.07) is -0.546. The van der Waals surface area contributed by atoms with Crippen molar-refractivity contribution in [2.45, 2.75) is 315 Å². The largest absolute Gasteiger partial charge is 0.466 e. The number of esters is 1. The number of hydrogen-bond acceptors (Lipinski definition) is 5. The van der Waals surface area contributed by atoms with Crippen molar-refractivity contribution in [3.63, 3.8) is 0 Å². The van der Waals surface area contributed by atoms with E-state index in [-0.39, 0.29) is 18.5 Å². The molecule has 63 heavy (non-hydrogen) atoms. The van der Waals surface area contributed by atoms with Crippen LogP contribution in [0.4, 0.5) is 0 Å². The number of aliphatic hydroxyl groups is 2. The van der Waals surface area contributed by atoms with Gasteiger partial charge in [-0.25, -0.2) is 0 Å². The number of amides is 1. The summed E-state index contributed by atoms with van der Waals surface area (Å²) in [5.41, 5.74) is 0. The Kier molecular flexibility index (Phi) is 51.6. The highest BCUT2D eigenvalue weighted by Crippen LogP contribution is 2.16. The molecule has 0 heterocycles. The van der Waals surface area contributed by atoms with E-state index in [1.165, 1.54) is 225 Å². The van der Waals surface area contributed by atoms with Gasteiger partial charge in [-0.3, -0.25) is 9.59 Å². The lowest BCUT2D eigenvalue weighted by molar-refractivity contribution is -0.143. The van der Waals surface area contributed by atoms with Crippen LogP contribution in [-0.4, -0.2) is 47.4 Å². The minimum absolute atomic E-state index is 0.000498. The van der Waals surface area contributed by atoms with Crippen LogP contribution in [0.15, 0.2) is 24.3 Å². The molecule has 6 nitrogen and oxygen atoms in total. The first kappa shape index (κ1) is 61.3. The fraction of sp³-hybridized carbons (Fsp3) is 0.895. The SMILES string of the molecule is CCCCCCCC/C=C\CCCCCCCCCC(=O)OCCCCCCCCCC/C=C\CCCCCCCCCC(=O)NC(CO)C(O)CCCCCCCCCCCC. The third kappa shape index (κ3) is 49.6. The van der Waals surface area contributed by atoms with Crippen LogP contribution in [0, 0.1) is 0 Å². The van der Waals surface area contributed by atoms with Gasteiger partial charge in [0.1, 0.15) is 0 Å².